The number of nitrogens with one attached hydrogen (secondary N) is 1. The topological polar surface area (TPSA) is 55.4 Å². The van der Waals surface area contributed by atoms with Crippen LogP contribution in [0.3, 0.4) is 0 Å². The van der Waals surface area contributed by atoms with Crippen LogP contribution in [0.4, 0.5) is 5.69 Å². The van der Waals surface area contributed by atoms with E-state index in [1.807, 2.05) is 55.5 Å². The molecule has 0 saturated carbocycles. The lowest BCUT2D eigenvalue weighted by Gasteiger charge is -2.13. The third-order valence-corrected chi connectivity index (χ3v) is 3.66. The molecule has 130 valence electrons. The van der Waals surface area contributed by atoms with E-state index in [9.17, 15) is 9.59 Å². The number of ether oxygens (including phenoxy) is 1. The van der Waals surface area contributed by atoms with Crippen molar-refractivity contribution >= 4 is 23.6 Å². The zero-order valence-corrected chi connectivity index (χ0v) is 14.8. The first-order valence-corrected chi connectivity index (χ1v) is 8.26. The van der Waals surface area contributed by atoms with Gasteiger partial charge in [0.15, 0.2) is 6.61 Å². The first-order valence-electron chi connectivity index (χ1n) is 8.26. The number of hydrogen-bond donors (Lipinski definition) is 1. The van der Waals surface area contributed by atoms with Gasteiger partial charge in [0.05, 0.1) is 0 Å². The van der Waals surface area contributed by atoms with Crippen molar-refractivity contribution in [3.63, 3.8) is 0 Å². The number of para-hydroxylation sites is 1. The van der Waals surface area contributed by atoms with Crippen molar-refractivity contribution in [2.75, 3.05) is 11.9 Å². The van der Waals surface area contributed by atoms with E-state index < -0.39 is 5.97 Å². The van der Waals surface area contributed by atoms with Crippen molar-refractivity contribution in [3.05, 3.63) is 71.3 Å². The summed E-state index contributed by atoms with van der Waals surface area (Å²) in [4.78, 5) is 23.7. The number of hydrogen-bond acceptors (Lipinski definition) is 3. The van der Waals surface area contributed by atoms with Crippen LogP contribution in [-0.4, -0.2) is 18.5 Å². The fraction of sp³-hybridized carbons (Fsp3) is 0.238. The van der Waals surface area contributed by atoms with Crippen molar-refractivity contribution in [1.29, 1.82) is 0 Å². The average molecular weight is 337 g/mol. The Morgan fingerprint density at radius 1 is 1.12 bits per heavy atom. The molecule has 0 aliphatic rings. The van der Waals surface area contributed by atoms with Gasteiger partial charge in [-0.2, -0.15) is 0 Å². The summed E-state index contributed by atoms with van der Waals surface area (Å²) in [7, 11) is 0. The highest BCUT2D eigenvalue weighted by Gasteiger charge is 2.10. The number of carbonyl (C=O) groups excluding carboxylic acids is 2. The van der Waals surface area contributed by atoms with Crippen LogP contribution < -0.4 is 5.32 Å². The molecule has 0 unspecified atom stereocenters. The fourth-order valence-corrected chi connectivity index (χ4v) is 2.42. The number of amides is 1. The monoisotopic (exact) mass is 337 g/mol. The average Bonchev–Trinajstić information content (AvgIpc) is 2.58. The van der Waals surface area contributed by atoms with E-state index in [-0.39, 0.29) is 18.4 Å². The summed E-state index contributed by atoms with van der Waals surface area (Å²) in [5.74, 6) is -0.615. The molecule has 0 bridgehead atoms. The van der Waals surface area contributed by atoms with Crippen molar-refractivity contribution in [3.8, 4) is 0 Å². The summed E-state index contributed by atoms with van der Waals surface area (Å²) in [6.45, 7) is 5.78. The highest BCUT2D eigenvalue weighted by atomic mass is 16.5. The molecule has 0 heterocycles. The summed E-state index contributed by atoms with van der Waals surface area (Å²) >= 11 is 0. The molecule has 2 aromatic rings. The Hall–Kier alpha value is -2.88. The predicted molar refractivity (Wildman–Crippen MR) is 100 cm³/mol. The lowest BCUT2D eigenvalue weighted by atomic mass is 10.0. The van der Waals surface area contributed by atoms with Crippen LogP contribution in [0.5, 0.6) is 0 Å². The van der Waals surface area contributed by atoms with Gasteiger partial charge in [-0.1, -0.05) is 61.9 Å². The van der Waals surface area contributed by atoms with E-state index >= 15 is 0 Å². The minimum Gasteiger partial charge on any atom is -0.452 e. The predicted octanol–water partition coefficient (Wildman–Crippen LogP) is 4.31. The van der Waals surface area contributed by atoms with Gasteiger partial charge in [-0.05, 0) is 36.1 Å². The van der Waals surface area contributed by atoms with Gasteiger partial charge in [0.1, 0.15) is 0 Å². The van der Waals surface area contributed by atoms with Crippen molar-refractivity contribution in [2.24, 2.45) is 0 Å². The lowest BCUT2D eigenvalue weighted by molar-refractivity contribution is -0.142. The quantitative estimate of drug-likeness (QED) is 0.631. The first kappa shape index (κ1) is 18.5. The van der Waals surface area contributed by atoms with Crippen LogP contribution in [0.2, 0.25) is 0 Å². The smallest absolute Gasteiger partial charge is 0.331 e. The maximum absolute atomic E-state index is 12.0. The molecule has 2 aromatic carbocycles. The molecule has 0 fully saturated rings. The minimum atomic E-state index is -0.547. The molecule has 4 heteroatoms. The van der Waals surface area contributed by atoms with Crippen molar-refractivity contribution in [1.82, 2.24) is 0 Å². The highest BCUT2D eigenvalue weighted by molar-refractivity contribution is 5.95. The summed E-state index contributed by atoms with van der Waals surface area (Å²) in [6.07, 6.45) is 2.99. The Morgan fingerprint density at radius 2 is 1.88 bits per heavy atom. The highest BCUT2D eigenvalue weighted by Crippen LogP contribution is 2.23. The number of benzene rings is 2. The second kappa shape index (κ2) is 8.83. The molecule has 4 nitrogen and oxygen atoms in total. The van der Waals surface area contributed by atoms with Crippen LogP contribution >= 0.6 is 0 Å². The Morgan fingerprint density at radius 3 is 2.60 bits per heavy atom. The van der Waals surface area contributed by atoms with Gasteiger partial charge in [0, 0.05) is 11.8 Å². The van der Waals surface area contributed by atoms with Crippen LogP contribution in [0.15, 0.2) is 54.6 Å². The van der Waals surface area contributed by atoms with E-state index in [0.29, 0.717) is 0 Å². The van der Waals surface area contributed by atoms with Gasteiger partial charge >= 0.3 is 5.97 Å². The SMILES string of the molecule is Cc1cccc(/C=C/C(=O)OCC(=O)Nc2ccccc2C(C)C)c1. The van der Waals surface area contributed by atoms with E-state index in [1.165, 1.54) is 6.08 Å². The molecule has 1 amide bonds. The van der Waals surface area contributed by atoms with Crippen LogP contribution in [0.25, 0.3) is 6.08 Å². The molecule has 0 spiro atoms. The summed E-state index contributed by atoms with van der Waals surface area (Å²) in [6, 6.07) is 15.4. The molecule has 1 N–H and O–H groups in total. The van der Waals surface area contributed by atoms with Gasteiger partial charge in [0.2, 0.25) is 0 Å². The Bertz CT molecular complexity index is 778. The van der Waals surface area contributed by atoms with Gasteiger partial charge in [-0.25, -0.2) is 4.79 Å². The molecule has 0 aliphatic carbocycles. The second-order valence-corrected chi connectivity index (χ2v) is 6.15. The van der Waals surface area contributed by atoms with Crippen molar-refractivity contribution < 1.29 is 14.3 Å². The third-order valence-electron chi connectivity index (χ3n) is 3.66. The second-order valence-electron chi connectivity index (χ2n) is 6.15. The van der Waals surface area contributed by atoms with E-state index in [1.54, 1.807) is 6.08 Å². The zero-order chi connectivity index (χ0) is 18.2. The molecule has 0 aliphatic heterocycles. The van der Waals surface area contributed by atoms with Crippen LogP contribution in [0, 0.1) is 6.92 Å². The van der Waals surface area contributed by atoms with E-state index in [2.05, 4.69) is 19.2 Å². The zero-order valence-electron chi connectivity index (χ0n) is 14.8. The standard InChI is InChI=1S/C21H23NO3/c1-15(2)18-9-4-5-10-19(18)22-20(23)14-25-21(24)12-11-17-8-6-7-16(3)13-17/h4-13,15H,14H2,1-3H3,(H,22,23)/b12-11+. The Balaban J connectivity index is 1.87. The minimum absolute atomic E-state index is 0.288. The number of anilines is 1. The first-order chi connectivity index (χ1) is 12.0. The molecule has 25 heavy (non-hydrogen) atoms. The van der Waals surface area contributed by atoms with E-state index in [4.69, 9.17) is 4.74 Å². The number of esters is 1. The number of carbonyl (C=O) groups is 2. The Kier molecular flexibility index (Phi) is 6.52. The molecule has 0 radical (unpaired) electrons. The van der Waals surface area contributed by atoms with E-state index in [0.717, 1.165) is 22.4 Å². The molecule has 2 rings (SSSR count). The molecular weight excluding hydrogens is 314 g/mol. The van der Waals surface area contributed by atoms with Gasteiger partial charge in [0.25, 0.3) is 5.91 Å². The van der Waals surface area contributed by atoms with Gasteiger partial charge in [-0.15, -0.1) is 0 Å². The normalized spacial score (nSPS) is 10.9. The van der Waals surface area contributed by atoms with Crippen LogP contribution in [0.1, 0.15) is 36.5 Å². The number of rotatable bonds is 6. The summed E-state index contributed by atoms with van der Waals surface area (Å²) in [5.41, 5.74) is 3.81. The molecule has 0 atom stereocenters. The maximum atomic E-state index is 12.0. The number of aryl methyl sites for hydroxylation is 1. The largest absolute Gasteiger partial charge is 0.452 e. The van der Waals surface area contributed by atoms with Gasteiger partial charge < -0.3 is 10.1 Å². The summed E-state index contributed by atoms with van der Waals surface area (Å²) < 4.78 is 4.99. The van der Waals surface area contributed by atoms with Crippen molar-refractivity contribution in [2.45, 2.75) is 26.7 Å². The third kappa shape index (κ3) is 5.92. The van der Waals surface area contributed by atoms with Crippen LogP contribution in [-0.2, 0) is 14.3 Å². The Labute approximate surface area is 148 Å². The fourth-order valence-electron chi connectivity index (χ4n) is 2.42. The molecular formula is C21H23NO3. The van der Waals surface area contributed by atoms with Gasteiger partial charge in [-0.3, -0.25) is 4.79 Å². The maximum Gasteiger partial charge on any atom is 0.331 e. The molecule has 0 aromatic heterocycles. The molecule has 0 saturated heterocycles. The summed E-state index contributed by atoms with van der Waals surface area (Å²) in [5, 5.41) is 2.79. The lowest BCUT2D eigenvalue weighted by Crippen LogP contribution is -2.21.